The van der Waals surface area contributed by atoms with Gasteiger partial charge in [0.05, 0.1) is 18.6 Å². The first kappa shape index (κ1) is 24.1. The number of nitrogens with zero attached hydrogens (tertiary/aromatic N) is 1. The van der Waals surface area contributed by atoms with Crippen molar-refractivity contribution in [2.24, 2.45) is 0 Å². The molecule has 34 heavy (non-hydrogen) atoms. The highest BCUT2D eigenvalue weighted by Crippen LogP contribution is 2.38. The predicted octanol–water partition coefficient (Wildman–Crippen LogP) is 3.98. The van der Waals surface area contributed by atoms with Crippen molar-refractivity contribution in [3.05, 3.63) is 64.0 Å². The second-order valence-electron chi connectivity index (χ2n) is 8.04. The van der Waals surface area contributed by atoms with Crippen LogP contribution in [0.15, 0.2) is 51.7 Å². The Morgan fingerprint density at radius 1 is 1.12 bits per heavy atom. The van der Waals surface area contributed by atoms with Gasteiger partial charge in [0.1, 0.15) is 29.8 Å². The highest BCUT2D eigenvalue weighted by Gasteiger charge is 2.40. The van der Waals surface area contributed by atoms with Gasteiger partial charge in [-0.25, -0.2) is 0 Å². The third-order valence-corrected chi connectivity index (χ3v) is 5.30. The highest BCUT2D eigenvalue weighted by molar-refractivity contribution is 5.79. The molecule has 0 amide bonds. The molecule has 182 valence electrons. The molecule has 0 aliphatic carbocycles. The maximum absolute atomic E-state index is 13.7. The number of morpholine rings is 1. The molecule has 0 unspecified atom stereocenters. The van der Waals surface area contributed by atoms with Crippen LogP contribution in [0.25, 0.3) is 11.0 Å². The van der Waals surface area contributed by atoms with Crippen LogP contribution in [0.1, 0.15) is 11.3 Å². The number of halogens is 3. The van der Waals surface area contributed by atoms with E-state index in [-0.39, 0.29) is 29.1 Å². The zero-order valence-electron chi connectivity index (χ0n) is 18.4. The molecule has 0 radical (unpaired) electrons. The summed E-state index contributed by atoms with van der Waals surface area (Å²) in [6.07, 6.45) is -5.77. The van der Waals surface area contributed by atoms with E-state index in [2.05, 4.69) is 0 Å². The van der Waals surface area contributed by atoms with Crippen LogP contribution in [0, 0.1) is 6.92 Å². The lowest BCUT2D eigenvalue weighted by molar-refractivity contribution is -0.154. The second-order valence-corrected chi connectivity index (χ2v) is 8.04. The van der Waals surface area contributed by atoms with Gasteiger partial charge in [0.25, 0.3) is 5.76 Å². The Kier molecular flexibility index (Phi) is 7.11. The molecule has 2 heterocycles. The Balaban J connectivity index is 1.58. The smallest absolute Gasteiger partial charge is 0.453 e. The van der Waals surface area contributed by atoms with Crippen LogP contribution < -0.4 is 14.9 Å². The van der Waals surface area contributed by atoms with E-state index < -0.39 is 29.2 Å². The van der Waals surface area contributed by atoms with Crippen molar-refractivity contribution in [3.8, 4) is 17.2 Å². The number of ether oxygens (including phenoxy) is 3. The SMILES string of the molecule is Cc1cccc(Oc2c(C(F)(F)F)oc3cc(OC[C@@H](O)CN4CCOCC4)ccc3c2=O)c1. The molecule has 1 N–H and O–H groups in total. The number of rotatable bonds is 7. The fraction of sp³-hybridized carbons (Fsp3) is 0.375. The third-order valence-electron chi connectivity index (χ3n) is 5.30. The zero-order chi connectivity index (χ0) is 24.3. The number of hydrogen-bond acceptors (Lipinski definition) is 7. The monoisotopic (exact) mass is 479 g/mol. The van der Waals surface area contributed by atoms with Gasteiger partial charge in [0.15, 0.2) is 0 Å². The molecule has 7 nitrogen and oxygen atoms in total. The van der Waals surface area contributed by atoms with Crippen molar-refractivity contribution < 1.29 is 36.9 Å². The van der Waals surface area contributed by atoms with E-state index >= 15 is 0 Å². The predicted molar refractivity (Wildman–Crippen MR) is 117 cm³/mol. The van der Waals surface area contributed by atoms with Gasteiger partial charge in [0.2, 0.25) is 11.2 Å². The summed E-state index contributed by atoms with van der Waals surface area (Å²) in [5, 5.41) is 10.1. The lowest BCUT2D eigenvalue weighted by Gasteiger charge is -2.28. The van der Waals surface area contributed by atoms with Gasteiger partial charge < -0.3 is 23.7 Å². The van der Waals surface area contributed by atoms with Crippen molar-refractivity contribution in [1.82, 2.24) is 4.90 Å². The molecule has 1 saturated heterocycles. The lowest BCUT2D eigenvalue weighted by atomic mass is 10.2. The molecule has 1 aliphatic rings. The van der Waals surface area contributed by atoms with E-state index in [1.54, 1.807) is 19.1 Å². The van der Waals surface area contributed by atoms with Crippen LogP contribution in [-0.4, -0.2) is 55.6 Å². The quantitative estimate of drug-likeness (QED) is 0.549. The highest BCUT2D eigenvalue weighted by atomic mass is 19.4. The second kappa shape index (κ2) is 10.0. The van der Waals surface area contributed by atoms with Gasteiger partial charge in [-0.3, -0.25) is 9.69 Å². The van der Waals surface area contributed by atoms with Crippen LogP contribution >= 0.6 is 0 Å². The summed E-state index contributed by atoms with van der Waals surface area (Å²) < 4.78 is 62.4. The molecule has 2 aromatic carbocycles. The average molecular weight is 479 g/mol. The van der Waals surface area contributed by atoms with Crippen molar-refractivity contribution in [2.45, 2.75) is 19.2 Å². The number of aliphatic hydroxyl groups excluding tert-OH is 1. The Morgan fingerprint density at radius 3 is 2.59 bits per heavy atom. The minimum Gasteiger partial charge on any atom is -0.491 e. The lowest BCUT2D eigenvalue weighted by Crippen LogP contribution is -2.42. The minimum absolute atomic E-state index is 0.0756. The summed E-state index contributed by atoms with van der Waals surface area (Å²) in [6, 6.07) is 10.3. The van der Waals surface area contributed by atoms with Crippen molar-refractivity contribution in [1.29, 1.82) is 0 Å². The van der Waals surface area contributed by atoms with Gasteiger partial charge in [-0.05, 0) is 36.8 Å². The number of β-amino-alcohol motifs (C(OH)–C–C–N with tert-alkyl or cyclic N) is 1. The molecular weight excluding hydrogens is 455 g/mol. The van der Waals surface area contributed by atoms with Crippen molar-refractivity contribution >= 4 is 11.0 Å². The summed E-state index contributed by atoms with van der Waals surface area (Å²) in [5.74, 6) is -2.21. The molecule has 10 heteroatoms. The summed E-state index contributed by atoms with van der Waals surface area (Å²) >= 11 is 0. The first-order chi connectivity index (χ1) is 16.2. The summed E-state index contributed by atoms with van der Waals surface area (Å²) in [6.45, 7) is 4.64. The molecule has 1 aliphatic heterocycles. The van der Waals surface area contributed by atoms with Gasteiger partial charge in [-0.1, -0.05) is 12.1 Å². The molecular formula is C24H24F3NO6. The summed E-state index contributed by atoms with van der Waals surface area (Å²) in [4.78, 5) is 14.9. The number of aryl methyl sites for hydroxylation is 1. The molecule has 0 bridgehead atoms. The van der Waals surface area contributed by atoms with Crippen LogP contribution in [0.4, 0.5) is 13.2 Å². The van der Waals surface area contributed by atoms with Gasteiger partial charge >= 0.3 is 6.18 Å². The van der Waals surface area contributed by atoms with E-state index in [1.807, 2.05) is 4.90 Å². The van der Waals surface area contributed by atoms with E-state index in [0.29, 0.717) is 32.8 Å². The number of benzene rings is 2. The van der Waals surface area contributed by atoms with Crippen LogP contribution in [0.3, 0.4) is 0 Å². The summed E-state index contributed by atoms with van der Waals surface area (Å²) in [7, 11) is 0. The zero-order valence-corrected chi connectivity index (χ0v) is 18.4. The van der Waals surface area contributed by atoms with Crippen LogP contribution in [-0.2, 0) is 10.9 Å². The number of aliphatic hydroxyl groups is 1. The molecule has 3 aromatic rings. The normalized spacial score (nSPS) is 15.9. The fourth-order valence-corrected chi connectivity index (χ4v) is 3.65. The average Bonchev–Trinajstić information content (AvgIpc) is 2.79. The van der Waals surface area contributed by atoms with Gasteiger partial charge in [-0.2, -0.15) is 13.2 Å². The van der Waals surface area contributed by atoms with Crippen molar-refractivity contribution in [2.75, 3.05) is 39.5 Å². The maximum Gasteiger partial charge on any atom is 0.453 e. The number of fused-ring (bicyclic) bond motifs is 1. The van der Waals surface area contributed by atoms with Crippen LogP contribution in [0.2, 0.25) is 0 Å². The minimum atomic E-state index is -4.96. The maximum atomic E-state index is 13.7. The van der Waals surface area contributed by atoms with E-state index in [4.69, 9.17) is 18.6 Å². The van der Waals surface area contributed by atoms with E-state index in [1.165, 1.54) is 30.3 Å². The van der Waals surface area contributed by atoms with E-state index in [9.17, 15) is 23.1 Å². The standard InChI is InChI=1S/C24H24F3NO6/c1-15-3-2-4-18(11-15)33-22-21(30)19-6-5-17(12-20(19)34-23(22)24(25,26)27)32-14-16(29)13-28-7-9-31-10-8-28/h2-6,11-12,16,29H,7-10,13-14H2,1H3/t16-/m0/s1. The van der Waals surface area contributed by atoms with E-state index in [0.717, 1.165) is 5.56 Å². The Morgan fingerprint density at radius 2 is 1.88 bits per heavy atom. The Hall–Kier alpha value is -3.08. The molecule has 1 aromatic heterocycles. The van der Waals surface area contributed by atoms with Crippen LogP contribution in [0.5, 0.6) is 17.2 Å². The number of hydrogen-bond donors (Lipinski definition) is 1. The number of alkyl halides is 3. The van der Waals surface area contributed by atoms with Crippen molar-refractivity contribution in [3.63, 3.8) is 0 Å². The largest absolute Gasteiger partial charge is 0.491 e. The first-order valence-corrected chi connectivity index (χ1v) is 10.7. The fourth-order valence-electron chi connectivity index (χ4n) is 3.65. The molecule has 1 fully saturated rings. The molecule has 4 rings (SSSR count). The Labute approximate surface area is 193 Å². The topological polar surface area (TPSA) is 81.4 Å². The van der Waals surface area contributed by atoms with Gasteiger partial charge in [0, 0.05) is 25.7 Å². The van der Waals surface area contributed by atoms with Gasteiger partial charge in [-0.15, -0.1) is 0 Å². The third kappa shape index (κ3) is 5.69. The Bertz CT molecular complexity index is 1200. The molecule has 1 atom stereocenters. The molecule has 0 spiro atoms. The first-order valence-electron chi connectivity index (χ1n) is 10.7. The summed E-state index contributed by atoms with van der Waals surface area (Å²) in [5.41, 5.74) is -0.489. The molecule has 0 saturated carbocycles.